The molecule has 0 saturated heterocycles. The molecule has 0 amide bonds. The SMILES string of the molecule is Cn1c(-c2cccc([Si](c3ccccc3)(c3ccccc3)c3cccc(-n4c5ncccc5c5ccc6c(c54)Sc4ccccc4[Si]6(c4ccccc4)c4ccccc4)c3)c2)nc2ccccc21. The number of aromatic nitrogens is 4. The third-order valence-electron chi connectivity index (χ3n) is 14.3. The number of fused-ring (bicyclic) bond motifs is 7. The molecule has 12 aromatic rings. The van der Waals surface area contributed by atoms with Gasteiger partial charge in [0.2, 0.25) is 0 Å². The van der Waals surface area contributed by atoms with E-state index in [-0.39, 0.29) is 0 Å². The van der Waals surface area contributed by atoms with Gasteiger partial charge in [0, 0.05) is 45.1 Å². The highest BCUT2D eigenvalue weighted by atomic mass is 32.2. The maximum absolute atomic E-state index is 5.25. The van der Waals surface area contributed by atoms with Gasteiger partial charge in [-0.15, -0.1) is 0 Å². The summed E-state index contributed by atoms with van der Waals surface area (Å²) in [5.74, 6) is 0.955. The Morgan fingerprint density at radius 2 is 1.09 bits per heavy atom. The van der Waals surface area contributed by atoms with Gasteiger partial charge in [0.1, 0.15) is 11.5 Å². The Hall–Kier alpha value is -7.82. The van der Waals surface area contributed by atoms with E-state index in [0.29, 0.717) is 0 Å². The van der Waals surface area contributed by atoms with E-state index in [1.807, 2.05) is 18.0 Å². The van der Waals surface area contributed by atoms with Crippen LogP contribution in [-0.4, -0.2) is 35.2 Å². The van der Waals surface area contributed by atoms with Crippen LogP contribution in [0.25, 0.3) is 50.0 Å². The predicted molar refractivity (Wildman–Crippen MR) is 290 cm³/mol. The average molecular weight is 921 g/mol. The first-order valence-corrected chi connectivity index (χ1v) is 28.0. The minimum absolute atomic E-state index is 0.953. The maximum atomic E-state index is 5.25. The summed E-state index contributed by atoms with van der Waals surface area (Å²) in [6, 6.07) is 90.5. The van der Waals surface area contributed by atoms with E-state index >= 15 is 0 Å². The molecule has 0 N–H and O–H groups in total. The van der Waals surface area contributed by atoms with Crippen LogP contribution in [0.5, 0.6) is 0 Å². The topological polar surface area (TPSA) is 35.6 Å². The van der Waals surface area contributed by atoms with Gasteiger partial charge < -0.3 is 4.57 Å². The zero-order valence-electron chi connectivity index (χ0n) is 37.4. The molecule has 0 radical (unpaired) electrons. The quantitative estimate of drug-likeness (QED) is 0.113. The van der Waals surface area contributed by atoms with Gasteiger partial charge in [-0.3, -0.25) is 4.57 Å². The number of pyridine rings is 1. The minimum Gasteiger partial charge on any atom is -0.327 e. The van der Waals surface area contributed by atoms with Crippen molar-refractivity contribution in [2.24, 2.45) is 7.05 Å². The molecule has 0 aliphatic carbocycles. The Balaban J connectivity index is 1.11. The summed E-state index contributed by atoms with van der Waals surface area (Å²) >= 11 is 1.92. The van der Waals surface area contributed by atoms with Crippen LogP contribution >= 0.6 is 11.8 Å². The van der Waals surface area contributed by atoms with Crippen molar-refractivity contribution < 1.29 is 0 Å². The normalized spacial score (nSPS) is 13.1. The number of nitrogens with zero attached hydrogens (tertiary/aromatic N) is 4. The number of para-hydroxylation sites is 2. The lowest BCUT2D eigenvalue weighted by Crippen LogP contribution is -2.76. The monoisotopic (exact) mass is 920 g/mol. The molecule has 68 heavy (non-hydrogen) atoms. The van der Waals surface area contributed by atoms with E-state index in [4.69, 9.17) is 9.97 Å². The van der Waals surface area contributed by atoms with E-state index in [9.17, 15) is 0 Å². The molecule has 0 fully saturated rings. The Bertz CT molecular complexity index is 3770. The molecule has 0 bridgehead atoms. The van der Waals surface area contributed by atoms with Crippen LogP contribution in [0, 0.1) is 0 Å². The van der Waals surface area contributed by atoms with Gasteiger partial charge in [0.15, 0.2) is 16.1 Å². The number of benzene rings is 9. The van der Waals surface area contributed by atoms with E-state index < -0.39 is 16.1 Å². The molecule has 1 aliphatic rings. The summed E-state index contributed by atoms with van der Waals surface area (Å²) in [5, 5.41) is 13.2. The summed E-state index contributed by atoms with van der Waals surface area (Å²) in [4.78, 5) is 13.1. The molecular weight excluding hydrogens is 877 g/mol. The van der Waals surface area contributed by atoms with Gasteiger partial charge in [-0.05, 0) is 84.0 Å². The third kappa shape index (κ3) is 5.99. The minimum atomic E-state index is -3.06. The van der Waals surface area contributed by atoms with Gasteiger partial charge in [0.25, 0.3) is 0 Å². The molecule has 9 aromatic carbocycles. The lowest BCUT2D eigenvalue weighted by Gasteiger charge is -2.40. The second-order valence-electron chi connectivity index (χ2n) is 17.7. The third-order valence-corrected chi connectivity index (χ3v) is 25.4. The molecule has 4 nitrogen and oxygen atoms in total. The zero-order chi connectivity index (χ0) is 45.2. The van der Waals surface area contributed by atoms with E-state index in [1.165, 1.54) is 62.2 Å². The Morgan fingerprint density at radius 3 is 1.79 bits per heavy atom. The molecular formula is C61H44N4SSi2. The summed E-state index contributed by atoms with van der Waals surface area (Å²) in [6.45, 7) is 0. The first kappa shape index (κ1) is 40.5. The fourth-order valence-electron chi connectivity index (χ4n) is 11.4. The fourth-order valence-corrected chi connectivity index (χ4v) is 23.3. The first-order chi connectivity index (χ1) is 33.7. The molecule has 4 heterocycles. The van der Waals surface area contributed by atoms with Crippen molar-refractivity contribution in [2.75, 3.05) is 0 Å². The number of imidazole rings is 1. The van der Waals surface area contributed by atoms with Crippen LogP contribution < -0.4 is 41.5 Å². The van der Waals surface area contributed by atoms with Gasteiger partial charge in [-0.25, -0.2) is 9.97 Å². The lowest BCUT2D eigenvalue weighted by molar-refractivity contribution is 0.959. The lowest BCUT2D eigenvalue weighted by atomic mass is 10.2. The number of rotatable bonds is 8. The van der Waals surface area contributed by atoms with Crippen molar-refractivity contribution in [3.8, 4) is 17.1 Å². The zero-order valence-corrected chi connectivity index (χ0v) is 40.2. The van der Waals surface area contributed by atoms with Crippen molar-refractivity contribution >= 4 is 102 Å². The Morgan fingerprint density at radius 1 is 0.485 bits per heavy atom. The largest absolute Gasteiger partial charge is 0.327 e. The molecule has 1 aliphatic heterocycles. The molecule has 0 atom stereocenters. The standard InChI is InChI=1S/C61H44N4SSi2/c1-64-54-35-15-14-34-53(54)63-60(64)43-21-18-31-49(41-43)67(45-23-6-2-7-24-45,46-25-8-3-9-26-46)50-32-19-22-44(42-50)65-58-51(52-33-20-40-62-61(52)65)38-39-57-59(58)66-55-36-16-17-37-56(55)68(57,47-27-10-4-11-28-47)48-29-12-5-13-30-48/h2-42H,1H3. The van der Waals surface area contributed by atoms with Gasteiger partial charge in [-0.2, -0.15) is 0 Å². The van der Waals surface area contributed by atoms with Crippen LogP contribution in [0.1, 0.15) is 0 Å². The van der Waals surface area contributed by atoms with Crippen molar-refractivity contribution in [3.63, 3.8) is 0 Å². The number of aryl methyl sites for hydroxylation is 1. The summed E-state index contributed by atoms with van der Waals surface area (Å²) in [6.07, 6.45) is 1.95. The van der Waals surface area contributed by atoms with Crippen LogP contribution in [0.15, 0.2) is 259 Å². The highest BCUT2D eigenvalue weighted by Gasteiger charge is 2.48. The van der Waals surface area contributed by atoms with Gasteiger partial charge in [0.05, 0.1) is 16.6 Å². The highest BCUT2D eigenvalue weighted by Crippen LogP contribution is 2.42. The Labute approximate surface area is 401 Å². The fraction of sp³-hybridized carbons (Fsp3) is 0.0164. The van der Waals surface area contributed by atoms with Crippen molar-refractivity contribution in [2.45, 2.75) is 9.79 Å². The molecule has 322 valence electrons. The number of hydrogen-bond acceptors (Lipinski definition) is 3. The van der Waals surface area contributed by atoms with Crippen molar-refractivity contribution in [1.82, 2.24) is 19.1 Å². The smallest absolute Gasteiger partial charge is 0.181 e. The van der Waals surface area contributed by atoms with Crippen LogP contribution in [-0.2, 0) is 7.05 Å². The van der Waals surface area contributed by atoms with Crippen LogP contribution in [0.2, 0.25) is 0 Å². The second-order valence-corrected chi connectivity index (χ2v) is 26.3. The van der Waals surface area contributed by atoms with Gasteiger partial charge in [-0.1, -0.05) is 212 Å². The maximum Gasteiger partial charge on any atom is 0.181 e. The second kappa shape index (κ2) is 16.2. The predicted octanol–water partition coefficient (Wildman–Crippen LogP) is 8.95. The summed E-state index contributed by atoms with van der Waals surface area (Å²) in [7, 11) is -3.77. The first-order valence-electron chi connectivity index (χ1n) is 23.2. The summed E-state index contributed by atoms with van der Waals surface area (Å²) in [5.41, 5.74) is 6.46. The summed E-state index contributed by atoms with van der Waals surface area (Å²) < 4.78 is 4.71. The molecule has 13 rings (SSSR count). The molecule has 0 spiro atoms. The Kier molecular flexibility index (Phi) is 9.64. The molecule has 3 aromatic heterocycles. The van der Waals surface area contributed by atoms with Crippen molar-refractivity contribution in [1.29, 1.82) is 0 Å². The highest BCUT2D eigenvalue weighted by molar-refractivity contribution is 8.00. The van der Waals surface area contributed by atoms with E-state index in [2.05, 4.69) is 259 Å². The number of hydrogen-bond donors (Lipinski definition) is 0. The van der Waals surface area contributed by atoms with E-state index in [0.717, 1.165) is 39.1 Å². The van der Waals surface area contributed by atoms with Gasteiger partial charge >= 0.3 is 0 Å². The van der Waals surface area contributed by atoms with Crippen LogP contribution in [0.3, 0.4) is 0 Å². The molecule has 7 heteroatoms. The van der Waals surface area contributed by atoms with Crippen molar-refractivity contribution in [3.05, 3.63) is 249 Å². The van der Waals surface area contributed by atoms with Crippen LogP contribution in [0.4, 0.5) is 0 Å². The average Bonchev–Trinajstić information content (AvgIpc) is 3.94. The molecule has 0 saturated carbocycles. The van der Waals surface area contributed by atoms with E-state index in [1.54, 1.807) is 0 Å². The molecule has 0 unspecified atom stereocenters.